The Bertz CT molecular complexity index is 1680. The van der Waals surface area contributed by atoms with Crippen LogP contribution in [0.15, 0.2) is 41.9 Å². The Morgan fingerprint density at radius 2 is 1.89 bits per heavy atom. The highest BCUT2D eigenvalue weighted by Gasteiger charge is 2.44. The van der Waals surface area contributed by atoms with Crippen LogP contribution in [-0.2, 0) is 24.8 Å². The number of nitrogens with one attached hydrogen (secondary N) is 1. The fourth-order valence-corrected chi connectivity index (χ4v) is 6.25. The summed E-state index contributed by atoms with van der Waals surface area (Å²) in [6, 6.07) is 0.354. The first-order chi connectivity index (χ1) is 21.8. The molecule has 3 atom stereocenters. The van der Waals surface area contributed by atoms with Crippen molar-refractivity contribution >= 4 is 40.8 Å². The van der Waals surface area contributed by atoms with Gasteiger partial charge in [0, 0.05) is 31.6 Å². The number of nitrogens with two attached hydrogens (primary N) is 1. The van der Waals surface area contributed by atoms with Crippen LogP contribution in [0.1, 0.15) is 87.8 Å². The van der Waals surface area contributed by atoms with Crippen molar-refractivity contribution in [3.63, 3.8) is 0 Å². The number of likely N-dealkylation sites (tertiary alicyclic amines) is 1. The molecule has 0 aromatic carbocycles. The number of hydrogen-bond donors (Lipinski definition) is 3. The number of carbonyl (C=O) groups is 5. The minimum atomic E-state index is -1.32. The smallest absolute Gasteiger partial charge is 0.287 e. The van der Waals surface area contributed by atoms with Gasteiger partial charge in [0.15, 0.2) is 0 Å². The lowest BCUT2D eigenvalue weighted by molar-refractivity contribution is -0.139. The molecule has 3 aromatic heterocycles. The van der Waals surface area contributed by atoms with Crippen LogP contribution in [0.25, 0.3) is 5.65 Å². The summed E-state index contributed by atoms with van der Waals surface area (Å²) in [7, 11) is 0. The summed E-state index contributed by atoms with van der Waals surface area (Å²) >= 11 is 0. The molecule has 15 nitrogen and oxygen atoms in total. The van der Waals surface area contributed by atoms with Crippen molar-refractivity contribution in [3.05, 3.63) is 48.2 Å². The van der Waals surface area contributed by atoms with Crippen molar-refractivity contribution < 1.29 is 29.1 Å². The summed E-state index contributed by atoms with van der Waals surface area (Å²) in [6.07, 6.45) is 11.5. The Hall–Kier alpha value is -4.79. The molecule has 4 N–H and O–H groups in total. The van der Waals surface area contributed by atoms with Crippen LogP contribution >= 0.6 is 0 Å². The number of primary amides is 1. The number of pyridine rings is 1. The Balaban J connectivity index is 1.50. The van der Waals surface area contributed by atoms with Crippen molar-refractivity contribution in [1.82, 2.24) is 34.6 Å². The molecule has 2 fully saturated rings. The monoisotopic (exact) mass is 633 g/mol. The number of carbonyl (C=O) groups excluding carboxylic acids is 5. The van der Waals surface area contributed by atoms with Crippen LogP contribution in [0.5, 0.6) is 0 Å². The molecule has 0 spiro atoms. The number of hydrogen-bond acceptors (Lipinski definition) is 9. The lowest BCUT2D eigenvalue weighted by atomic mass is 9.85. The van der Waals surface area contributed by atoms with E-state index in [4.69, 9.17) is 5.73 Å². The number of aromatic nitrogens is 5. The number of rotatable bonds is 10. The van der Waals surface area contributed by atoms with Gasteiger partial charge < -0.3 is 25.5 Å². The molecular weight excluding hydrogens is 594 g/mol. The predicted molar refractivity (Wildman–Crippen MR) is 164 cm³/mol. The number of ketones is 1. The van der Waals surface area contributed by atoms with E-state index >= 15 is 0 Å². The molecule has 1 aliphatic heterocycles. The Labute approximate surface area is 265 Å². The molecule has 244 valence electrons. The van der Waals surface area contributed by atoms with Gasteiger partial charge in [-0.1, -0.05) is 37.3 Å². The van der Waals surface area contributed by atoms with Gasteiger partial charge in [0.05, 0.1) is 29.5 Å². The maximum Gasteiger partial charge on any atom is 0.287 e. The summed E-state index contributed by atoms with van der Waals surface area (Å²) in [5.41, 5.74) is 5.14. The second-order valence-electron chi connectivity index (χ2n) is 12.6. The molecule has 1 saturated heterocycles. The number of fused-ring (bicyclic) bond motifs is 1. The van der Waals surface area contributed by atoms with E-state index in [1.54, 1.807) is 49.0 Å². The first-order valence-electron chi connectivity index (χ1n) is 15.5. The second kappa shape index (κ2) is 13.3. The van der Waals surface area contributed by atoms with E-state index < -0.39 is 53.1 Å². The van der Waals surface area contributed by atoms with Crippen molar-refractivity contribution in [2.75, 3.05) is 6.54 Å². The molecule has 2 aliphatic rings. The molecule has 4 amide bonds. The van der Waals surface area contributed by atoms with Crippen LogP contribution in [-0.4, -0.2) is 88.1 Å². The van der Waals surface area contributed by atoms with Crippen LogP contribution in [0, 0.1) is 5.92 Å². The van der Waals surface area contributed by atoms with Gasteiger partial charge in [-0.2, -0.15) is 0 Å². The third kappa shape index (κ3) is 7.03. The Kier molecular flexibility index (Phi) is 9.42. The maximum absolute atomic E-state index is 14.4. The zero-order valence-corrected chi connectivity index (χ0v) is 26.1. The quantitative estimate of drug-likeness (QED) is 0.215. The van der Waals surface area contributed by atoms with E-state index in [0.29, 0.717) is 11.3 Å². The average molecular weight is 634 g/mol. The minimum absolute atomic E-state index is 0.0135. The number of nitrogens with zero attached hydrogens (tertiary/aromatic N) is 7. The molecule has 4 heterocycles. The topological polar surface area (TPSA) is 207 Å². The highest BCUT2D eigenvalue weighted by molar-refractivity contribution is 6.41. The summed E-state index contributed by atoms with van der Waals surface area (Å²) in [5, 5.41) is 21.3. The van der Waals surface area contributed by atoms with E-state index in [-0.39, 0.29) is 36.6 Å². The van der Waals surface area contributed by atoms with Crippen molar-refractivity contribution in [2.45, 2.75) is 89.4 Å². The van der Waals surface area contributed by atoms with Gasteiger partial charge in [-0.05, 0) is 45.2 Å². The largest absolute Gasteiger partial charge is 0.384 e. The van der Waals surface area contributed by atoms with Crippen LogP contribution < -0.4 is 11.1 Å². The van der Waals surface area contributed by atoms with E-state index in [9.17, 15) is 29.1 Å². The van der Waals surface area contributed by atoms with Gasteiger partial charge in [0.25, 0.3) is 17.7 Å². The molecule has 1 unspecified atom stereocenters. The Morgan fingerprint density at radius 3 is 2.59 bits per heavy atom. The normalized spacial score (nSPS) is 20.1. The van der Waals surface area contributed by atoms with Crippen molar-refractivity contribution in [3.8, 4) is 0 Å². The predicted octanol–water partition coefficient (Wildman–Crippen LogP) is 1.11. The van der Waals surface area contributed by atoms with Crippen molar-refractivity contribution in [1.29, 1.82) is 0 Å². The molecular formula is C31H39N9O6. The van der Waals surface area contributed by atoms with Gasteiger partial charge in [0.2, 0.25) is 11.7 Å². The standard InChI is InChI=1S/C31H39N9O6/c1-18(26(41)27(32)42)35-29(44)23-14-21(40-24(15-34-37-40)31(2,3)46)17-39(23)30(45)22(13-19-7-5-4-6-8-19)36-28(43)20-9-10-25-33-11-12-38(25)16-20/h9-12,15-16,18-19,21,23,46H,4-8,13-14,17H2,1-3H3,(H2,32,42)(H,35,44)/t18?,21-,23-/m0/s1. The minimum Gasteiger partial charge on any atom is -0.384 e. The zero-order chi connectivity index (χ0) is 33.2. The molecule has 0 radical (unpaired) electrons. The molecule has 46 heavy (non-hydrogen) atoms. The number of aliphatic imine (C=N–C) groups is 1. The number of imidazole rings is 1. The third-order valence-electron chi connectivity index (χ3n) is 8.71. The van der Waals surface area contributed by atoms with Crippen LogP contribution in [0.2, 0.25) is 0 Å². The highest BCUT2D eigenvalue weighted by Crippen LogP contribution is 2.33. The number of Topliss-reactive ketones (excluding diaryl/α,β-unsaturated/α-hetero) is 1. The summed E-state index contributed by atoms with van der Waals surface area (Å²) in [6.45, 7) is 4.46. The SMILES string of the molecule is CC(NC(=O)[C@@H]1C[C@H](n2nncc2C(C)(C)O)CN1C(=O)C(CC1CCCCC1)=NC(=O)c1ccc2nccn2c1)C(=O)C(N)=O. The maximum atomic E-state index is 14.4. The number of amides is 4. The molecule has 5 rings (SSSR count). The summed E-state index contributed by atoms with van der Waals surface area (Å²) in [4.78, 5) is 75.1. The fourth-order valence-electron chi connectivity index (χ4n) is 6.25. The van der Waals surface area contributed by atoms with Gasteiger partial charge in [-0.15, -0.1) is 5.10 Å². The van der Waals surface area contributed by atoms with E-state index in [1.807, 2.05) is 0 Å². The lowest BCUT2D eigenvalue weighted by Gasteiger charge is -2.27. The first kappa shape index (κ1) is 32.6. The van der Waals surface area contributed by atoms with Gasteiger partial charge in [0.1, 0.15) is 23.0 Å². The van der Waals surface area contributed by atoms with Crippen LogP contribution in [0.3, 0.4) is 0 Å². The second-order valence-corrected chi connectivity index (χ2v) is 12.6. The lowest BCUT2D eigenvalue weighted by Crippen LogP contribution is -2.52. The zero-order valence-electron chi connectivity index (χ0n) is 26.1. The highest BCUT2D eigenvalue weighted by atomic mass is 16.3. The molecule has 0 bridgehead atoms. The first-order valence-corrected chi connectivity index (χ1v) is 15.5. The summed E-state index contributed by atoms with van der Waals surface area (Å²) < 4.78 is 3.17. The molecule has 3 aromatic rings. The van der Waals surface area contributed by atoms with Crippen molar-refractivity contribution in [2.24, 2.45) is 16.6 Å². The van der Waals surface area contributed by atoms with E-state index in [1.165, 1.54) is 22.7 Å². The van der Waals surface area contributed by atoms with Crippen LogP contribution in [0.4, 0.5) is 0 Å². The molecule has 1 saturated carbocycles. The van der Waals surface area contributed by atoms with Gasteiger partial charge in [-0.25, -0.2) is 14.7 Å². The average Bonchev–Trinajstić information content (AvgIpc) is 3.79. The summed E-state index contributed by atoms with van der Waals surface area (Å²) in [5.74, 6) is -3.93. The number of aliphatic hydroxyl groups is 1. The Morgan fingerprint density at radius 1 is 1.15 bits per heavy atom. The van der Waals surface area contributed by atoms with E-state index in [0.717, 1.165) is 32.1 Å². The van der Waals surface area contributed by atoms with Gasteiger partial charge >= 0.3 is 0 Å². The fraction of sp³-hybridized carbons (Fsp3) is 0.516. The van der Waals surface area contributed by atoms with Gasteiger partial charge in [-0.3, -0.25) is 24.0 Å². The third-order valence-corrected chi connectivity index (χ3v) is 8.71. The van der Waals surface area contributed by atoms with E-state index in [2.05, 4.69) is 25.6 Å². The molecule has 15 heteroatoms. The molecule has 1 aliphatic carbocycles.